The Labute approximate surface area is 127 Å². The van der Waals surface area contributed by atoms with Gasteiger partial charge in [0, 0.05) is 17.3 Å². The van der Waals surface area contributed by atoms with E-state index in [1.54, 1.807) is 27.7 Å². The van der Waals surface area contributed by atoms with Gasteiger partial charge in [-0.25, -0.2) is 9.78 Å². The lowest BCUT2D eigenvalue weighted by Crippen LogP contribution is -2.27. The summed E-state index contributed by atoms with van der Waals surface area (Å²) in [6.45, 7) is 7.27. The number of hydrogen-bond acceptors (Lipinski definition) is 6. The minimum absolute atomic E-state index is 0.0641. The van der Waals surface area contributed by atoms with Gasteiger partial charge in [0.15, 0.2) is 5.13 Å². The van der Waals surface area contributed by atoms with Crippen molar-refractivity contribution in [3.63, 3.8) is 0 Å². The fourth-order valence-electron chi connectivity index (χ4n) is 1.73. The zero-order chi connectivity index (χ0) is 16.2. The van der Waals surface area contributed by atoms with Crippen molar-refractivity contribution in [3.8, 4) is 0 Å². The fourth-order valence-corrected chi connectivity index (χ4v) is 2.79. The average molecular weight is 315 g/mol. The van der Waals surface area contributed by atoms with Gasteiger partial charge in [-0.05, 0) is 27.7 Å². The molecule has 0 aliphatic heterocycles. The van der Waals surface area contributed by atoms with Crippen LogP contribution in [0.15, 0.2) is 0 Å². The number of hydrogen-bond donors (Lipinski definition) is 3. The molecule has 0 saturated heterocycles. The van der Waals surface area contributed by atoms with E-state index in [0.29, 0.717) is 10.8 Å². The third-order valence-electron chi connectivity index (χ3n) is 2.52. The van der Waals surface area contributed by atoms with Gasteiger partial charge >= 0.3 is 12.1 Å². The lowest BCUT2D eigenvalue weighted by atomic mass is 10.0. The molecule has 1 rings (SSSR count). The number of nitrogens with zero attached hydrogens (tertiary/aromatic N) is 1. The highest BCUT2D eigenvalue weighted by molar-refractivity contribution is 7.16. The third kappa shape index (κ3) is 5.68. The van der Waals surface area contributed by atoms with Crippen molar-refractivity contribution >= 4 is 28.5 Å². The van der Waals surface area contributed by atoms with Crippen LogP contribution in [0.3, 0.4) is 0 Å². The summed E-state index contributed by atoms with van der Waals surface area (Å²) in [5.74, 6) is -1.23. The van der Waals surface area contributed by atoms with Gasteiger partial charge < -0.3 is 15.6 Å². The number of carboxylic acid groups (broad SMARTS) is 1. The molecule has 1 atom stereocenters. The van der Waals surface area contributed by atoms with Crippen molar-refractivity contribution in [2.75, 3.05) is 11.9 Å². The van der Waals surface area contributed by atoms with E-state index in [0.717, 1.165) is 4.88 Å². The predicted molar refractivity (Wildman–Crippen MR) is 80.8 cm³/mol. The smallest absolute Gasteiger partial charge is 0.413 e. The van der Waals surface area contributed by atoms with Crippen LogP contribution in [0.4, 0.5) is 9.93 Å². The summed E-state index contributed by atoms with van der Waals surface area (Å²) in [7, 11) is 0. The summed E-state index contributed by atoms with van der Waals surface area (Å²) in [6, 6.07) is 0. The summed E-state index contributed by atoms with van der Waals surface area (Å²) in [4.78, 5) is 27.5. The Morgan fingerprint density at radius 3 is 2.57 bits per heavy atom. The van der Waals surface area contributed by atoms with Crippen LogP contribution in [0, 0.1) is 6.92 Å². The molecule has 0 spiro atoms. The van der Waals surface area contributed by atoms with Crippen LogP contribution < -0.4 is 11.1 Å². The molecular formula is C13H21N3O4S. The Morgan fingerprint density at radius 1 is 1.48 bits per heavy atom. The fraction of sp³-hybridized carbons (Fsp3) is 0.615. The molecule has 1 aromatic heterocycles. The van der Waals surface area contributed by atoms with Crippen LogP contribution in [0.1, 0.15) is 43.7 Å². The van der Waals surface area contributed by atoms with Gasteiger partial charge in [0.2, 0.25) is 0 Å². The number of rotatable bonds is 5. The van der Waals surface area contributed by atoms with Crippen LogP contribution in [-0.4, -0.2) is 34.3 Å². The molecule has 4 N–H and O–H groups in total. The molecule has 1 unspecified atom stereocenters. The van der Waals surface area contributed by atoms with Crippen molar-refractivity contribution in [2.24, 2.45) is 5.73 Å². The van der Waals surface area contributed by atoms with Crippen LogP contribution in [0.2, 0.25) is 0 Å². The molecule has 0 aliphatic carbocycles. The molecule has 7 nitrogen and oxygen atoms in total. The van der Waals surface area contributed by atoms with E-state index in [9.17, 15) is 9.59 Å². The standard InChI is InChI=1S/C13H21N3O4S/c1-7-10(8(6-14)5-9(17)18)21-11(15-7)16-12(19)20-13(2,3)4/h8H,5-6,14H2,1-4H3,(H,17,18)(H,15,16,19). The van der Waals surface area contributed by atoms with Crippen LogP contribution in [-0.2, 0) is 9.53 Å². The topological polar surface area (TPSA) is 115 Å². The summed E-state index contributed by atoms with van der Waals surface area (Å²) < 4.78 is 5.14. The number of carbonyl (C=O) groups is 2. The lowest BCUT2D eigenvalue weighted by molar-refractivity contribution is -0.137. The van der Waals surface area contributed by atoms with E-state index in [1.165, 1.54) is 11.3 Å². The summed E-state index contributed by atoms with van der Waals surface area (Å²) in [5.41, 5.74) is 5.69. The van der Waals surface area contributed by atoms with Gasteiger partial charge in [-0.15, -0.1) is 11.3 Å². The molecule has 8 heteroatoms. The van der Waals surface area contributed by atoms with Crippen LogP contribution in [0.5, 0.6) is 0 Å². The number of nitrogens with one attached hydrogen (secondary N) is 1. The minimum atomic E-state index is -0.917. The molecular weight excluding hydrogens is 294 g/mol. The number of carbonyl (C=O) groups excluding carboxylic acids is 1. The van der Waals surface area contributed by atoms with Crippen LogP contribution >= 0.6 is 11.3 Å². The number of thiazole rings is 1. The average Bonchev–Trinajstić information content (AvgIpc) is 2.64. The van der Waals surface area contributed by atoms with Gasteiger partial charge in [-0.3, -0.25) is 10.1 Å². The first-order chi connectivity index (χ1) is 9.62. The maximum atomic E-state index is 11.7. The molecule has 21 heavy (non-hydrogen) atoms. The highest BCUT2D eigenvalue weighted by Crippen LogP contribution is 2.31. The molecule has 1 heterocycles. The Morgan fingerprint density at radius 2 is 2.10 bits per heavy atom. The number of nitrogens with two attached hydrogens (primary N) is 1. The second kappa shape index (κ2) is 6.86. The first kappa shape index (κ1) is 17.4. The van der Waals surface area contributed by atoms with Gasteiger partial charge in [0.1, 0.15) is 5.60 Å². The first-order valence-electron chi connectivity index (χ1n) is 6.51. The molecule has 0 aromatic carbocycles. The Balaban J connectivity index is 2.82. The van der Waals surface area contributed by atoms with Crippen molar-refractivity contribution < 1.29 is 19.4 Å². The van der Waals surface area contributed by atoms with E-state index < -0.39 is 17.7 Å². The Hall–Kier alpha value is -1.67. The summed E-state index contributed by atoms with van der Waals surface area (Å²) in [5, 5.41) is 11.8. The number of aromatic nitrogens is 1. The highest BCUT2D eigenvalue weighted by atomic mass is 32.1. The summed E-state index contributed by atoms with van der Waals surface area (Å²) in [6.07, 6.45) is -0.656. The zero-order valence-corrected chi connectivity index (χ0v) is 13.4. The van der Waals surface area contributed by atoms with Crippen molar-refractivity contribution in [2.45, 2.75) is 45.6 Å². The monoisotopic (exact) mass is 315 g/mol. The summed E-state index contributed by atoms with van der Waals surface area (Å²) >= 11 is 1.22. The van der Waals surface area contributed by atoms with Gasteiger partial charge in [0.25, 0.3) is 0 Å². The molecule has 0 bridgehead atoms. The zero-order valence-electron chi connectivity index (χ0n) is 12.6. The molecule has 0 fully saturated rings. The van der Waals surface area contributed by atoms with Crippen molar-refractivity contribution in [1.29, 1.82) is 0 Å². The lowest BCUT2D eigenvalue weighted by Gasteiger charge is -2.18. The molecule has 0 aliphatic rings. The number of carboxylic acids is 1. The van der Waals surface area contributed by atoms with Crippen LogP contribution in [0.25, 0.3) is 0 Å². The van der Waals surface area contributed by atoms with Gasteiger partial charge in [-0.1, -0.05) is 0 Å². The molecule has 0 radical (unpaired) electrons. The number of aryl methyl sites for hydroxylation is 1. The minimum Gasteiger partial charge on any atom is -0.481 e. The van der Waals surface area contributed by atoms with Gasteiger partial charge in [0.05, 0.1) is 12.1 Å². The van der Waals surface area contributed by atoms with Crippen molar-refractivity contribution in [3.05, 3.63) is 10.6 Å². The Bertz CT molecular complexity index is 522. The van der Waals surface area contributed by atoms with E-state index in [2.05, 4.69) is 10.3 Å². The van der Waals surface area contributed by atoms with E-state index in [-0.39, 0.29) is 18.9 Å². The molecule has 0 saturated carbocycles. The maximum absolute atomic E-state index is 11.7. The number of anilines is 1. The van der Waals surface area contributed by atoms with Crippen molar-refractivity contribution in [1.82, 2.24) is 4.98 Å². The maximum Gasteiger partial charge on any atom is 0.413 e. The van der Waals surface area contributed by atoms with Gasteiger partial charge in [-0.2, -0.15) is 0 Å². The first-order valence-corrected chi connectivity index (χ1v) is 7.33. The second-order valence-electron chi connectivity index (χ2n) is 5.63. The highest BCUT2D eigenvalue weighted by Gasteiger charge is 2.22. The molecule has 118 valence electrons. The SMILES string of the molecule is Cc1nc(NC(=O)OC(C)(C)C)sc1C(CN)CC(=O)O. The second-order valence-corrected chi connectivity index (χ2v) is 6.66. The molecule has 1 aromatic rings. The van der Waals surface area contributed by atoms with E-state index in [4.69, 9.17) is 15.6 Å². The van der Waals surface area contributed by atoms with E-state index >= 15 is 0 Å². The number of ether oxygens (including phenoxy) is 1. The predicted octanol–water partition coefficient (Wildman–Crippen LogP) is 2.32. The third-order valence-corrected chi connectivity index (χ3v) is 3.75. The van der Waals surface area contributed by atoms with E-state index in [1.807, 2.05) is 0 Å². The largest absolute Gasteiger partial charge is 0.481 e. The number of aliphatic carboxylic acids is 1. The normalized spacial score (nSPS) is 12.8. The molecule has 1 amide bonds. The number of amides is 1. The Kier molecular flexibility index (Phi) is 5.68. The quantitative estimate of drug-likeness (QED) is 0.768.